The van der Waals surface area contributed by atoms with Crippen molar-refractivity contribution in [1.82, 2.24) is 4.98 Å². The zero-order valence-electron chi connectivity index (χ0n) is 18.1. The summed E-state index contributed by atoms with van der Waals surface area (Å²) in [6.45, 7) is 3.69. The van der Waals surface area contributed by atoms with Crippen molar-refractivity contribution in [2.75, 3.05) is 24.3 Å². The van der Waals surface area contributed by atoms with Crippen LogP contribution in [0, 0.1) is 5.82 Å². The van der Waals surface area contributed by atoms with E-state index >= 15 is 0 Å². The zero-order valence-corrected chi connectivity index (χ0v) is 18.1. The lowest BCUT2D eigenvalue weighted by molar-refractivity contribution is -0.249. The molecular formula is C21H23F4N5O3. The van der Waals surface area contributed by atoms with Crippen LogP contribution in [0.15, 0.2) is 35.3 Å². The number of nitrogens with one attached hydrogen (secondary N) is 1. The fraction of sp³-hybridized carbons (Fsp3) is 0.381. The minimum Gasteiger partial charge on any atom is -0.478 e. The second-order valence-electron chi connectivity index (χ2n) is 7.75. The highest BCUT2D eigenvalue weighted by Gasteiger charge is 2.59. The Morgan fingerprint density at radius 1 is 1.24 bits per heavy atom. The molecule has 0 spiro atoms. The fourth-order valence-corrected chi connectivity index (χ4v) is 3.22. The van der Waals surface area contributed by atoms with Gasteiger partial charge in [0, 0.05) is 17.3 Å². The highest BCUT2D eigenvalue weighted by Crippen LogP contribution is 2.41. The second kappa shape index (κ2) is 8.50. The van der Waals surface area contributed by atoms with E-state index in [-0.39, 0.29) is 28.5 Å². The molecule has 1 aromatic carbocycles. The number of anilines is 2. The van der Waals surface area contributed by atoms with E-state index in [9.17, 15) is 22.4 Å². The smallest absolute Gasteiger partial charge is 0.424 e. The number of aliphatic imine (C=N–C) groups is 1. The first-order valence-corrected chi connectivity index (χ1v) is 9.88. The van der Waals surface area contributed by atoms with Crippen molar-refractivity contribution in [2.45, 2.75) is 38.1 Å². The molecule has 3 rings (SSSR count). The Morgan fingerprint density at radius 2 is 1.94 bits per heavy atom. The minimum atomic E-state index is -4.80. The number of benzene rings is 1. The number of pyridine rings is 1. The van der Waals surface area contributed by atoms with E-state index in [1.807, 2.05) is 0 Å². The highest BCUT2D eigenvalue weighted by molar-refractivity contribution is 6.07. The van der Waals surface area contributed by atoms with Crippen LogP contribution < -0.4 is 21.5 Å². The summed E-state index contributed by atoms with van der Waals surface area (Å²) >= 11 is 0. The van der Waals surface area contributed by atoms with Gasteiger partial charge in [-0.3, -0.25) is 9.79 Å². The number of amidine groups is 1. The van der Waals surface area contributed by atoms with Gasteiger partial charge in [0.05, 0.1) is 18.8 Å². The molecule has 1 aromatic heterocycles. The molecule has 8 nitrogen and oxygen atoms in total. The predicted octanol–water partition coefficient (Wildman–Crippen LogP) is 3.38. The fourth-order valence-electron chi connectivity index (χ4n) is 3.22. The first-order valence-electron chi connectivity index (χ1n) is 9.88. The van der Waals surface area contributed by atoms with Crippen LogP contribution in [0.25, 0.3) is 0 Å². The molecule has 2 aromatic rings. The normalized spacial score (nSPS) is 23.1. The summed E-state index contributed by atoms with van der Waals surface area (Å²) in [6.07, 6.45) is -4.80. The maximum Gasteiger partial charge on any atom is 0.424 e. The number of carbonyl (C=O) groups excluding carboxylic acids is 1. The average molecular weight is 469 g/mol. The average Bonchev–Trinajstić information content (AvgIpc) is 2.72. The topological polar surface area (TPSA) is 125 Å². The number of rotatable bonds is 5. The number of ether oxygens (including phenoxy) is 2. The van der Waals surface area contributed by atoms with E-state index in [0.29, 0.717) is 6.61 Å². The van der Waals surface area contributed by atoms with Gasteiger partial charge < -0.3 is 26.3 Å². The number of halogens is 4. The maximum atomic E-state index is 14.6. The molecular weight excluding hydrogens is 446 g/mol. The SMILES string of the molecule is CCOc1ccc(C(=O)Nc2ccc(F)c([C@]3(C)CO[C@@](C)(C(F)(F)F)C(N)=N3)c2)c(N)n1. The molecule has 0 fully saturated rings. The largest absolute Gasteiger partial charge is 0.478 e. The van der Waals surface area contributed by atoms with Gasteiger partial charge in [-0.2, -0.15) is 18.2 Å². The Morgan fingerprint density at radius 3 is 2.52 bits per heavy atom. The van der Waals surface area contributed by atoms with Crippen LogP contribution >= 0.6 is 0 Å². The van der Waals surface area contributed by atoms with Gasteiger partial charge in [0.15, 0.2) is 0 Å². The molecule has 0 saturated carbocycles. The van der Waals surface area contributed by atoms with Gasteiger partial charge in [0.1, 0.15) is 23.0 Å². The first kappa shape index (κ1) is 24.2. The molecule has 1 amide bonds. The third kappa shape index (κ3) is 4.56. The Balaban J connectivity index is 1.90. The Bertz CT molecular complexity index is 1110. The molecule has 1 aliphatic heterocycles. The molecule has 2 atom stereocenters. The van der Waals surface area contributed by atoms with Gasteiger partial charge in [0.25, 0.3) is 5.91 Å². The number of amides is 1. The molecule has 2 heterocycles. The number of aromatic nitrogens is 1. The molecule has 1 aliphatic rings. The van der Waals surface area contributed by atoms with E-state index in [1.165, 1.54) is 31.2 Å². The summed E-state index contributed by atoms with van der Waals surface area (Å²) in [5.41, 5.74) is 7.18. The van der Waals surface area contributed by atoms with Crippen molar-refractivity contribution in [3.63, 3.8) is 0 Å². The van der Waals surface area contributed by atoms with Crippen LogP contribution in [-0.2, 0) is 10.3 Å². The quantitative estimate of drug-likeness (QED) is 0.577. The van der Waals surface area contributed by atoms with E-state index in [0.717, 1.165) is 13.0 Å². The maximum absolute atomic E-state index is 14.6. The van der Waals surface area contributed by atoms with Crippen molar-refractivity contribution in [1.29, 1.82) is 0 Å². The summed E-state index contributed by atoms with van der Waals surface area (Å²) in [6, 6.07) is 6.49. The second-order valence-corrected chi connectivity index (χ2v) is 7.75. The lowest BCUT2D eigenvalue weighted by Crippen LogP contribution is -2.60. The van der Waals surface area contributed by atoms with Gasteiger partial charge in [-0.05, 0) is 45.0 Å². The Hall–Kier alpha value is -3.41. The van der Waals surface area contributed by atoms with Crippen molar-refractivity contribution in [3.8, 4) is 5.88 Å². The standard InChI is InChI=1S/C21H23F4N5O3/c1-4-32-15-8-6-12(16(26)29-15)17(31)28-11-5-7-14(22)13(9-11)19(2)10-33-20(3,18(27)30-19)21(23,24)25/h5-9H,4,10H2,1-3H3,(H2,26,29)(H2,27,30)(H,28,31)/t19-,20+/m0/s1. The number of hydrogen-bond donors (Lipinski definition) is 3. The van der Waals surface area contributed by atoms with E-state index < -0.39 is 41.5 Å². The molecule has 178 valence electrons. The summed E-state index contributed by atoms with van der Waals surface area (Å²) in [5.74, 6) is -2.03. The molecule has 12 heteroatoms. The molecule has 0 bridgehead atoms. The number of nitrogens with two attached hydrogens (primary N) is 2. The van der Waals surface area contributed by atoms with Gasteiger partial charge in [-0.1, -0.05) is 0 Å². The number of alkyl halides is 3. The van der Waals surface area contributed by atoms with Crippen molar-refractivity contribution in [2.24, 2.45) is 10.7 Å². The summed E-state index contributed by atoms with van der Waals surface area (Å²) in [4.78, 5) is 20.6. The van der Waals surface area contributed by atoms with E-state index in [2.05, 4.69) is 15.3 Å². The first-order chi connectivity index (χ1) is 15.3. The third-order valence-electron chi connectivity index (χ3n) is 5.28. The number of hydrogen-bond acceptors (Lipinski definition) is 7. The molecule has 0 saturated heterocycles. The summed E-state index contributed by atoms with van der Waals surface area (Å²) < 4.78 is 64.9. The number of carbonyl (C=O) groups is 1. The molecule has 5 N–H and O–H groups in total. The van der Waals surface area contributed by atoms with Crippen molar-refractivity contribution >= 4 is 23.2 Å². The molecule has 33 heavy (non-hydrogen) atoms. The molecule has 0 radical (unpaired) electrons. The van der Waals surface area contributed by atoms with Crippen LogP contribution in [0.3, 0.4) is 0 Å². The number of nitrogen functional groups attached to an aromatic ring is 1. The van der Waals surface area contributed by atoms with Gasteiger partial charge >= 0.3 is 6.18 Å². The number of nitrogens with zero attached hydrogens (tertiary/aromatic N) is 2. The summed E-state index contributed by atoms with van der Waals surface area (Å²) in [5, 5.41) is 2.56. The molecule has 0 aliphatic carbocycles. The van der Waals surface area contributed by atoms with Crippen LogP contribution in [0.5, 0.6) is 5.88 Å². The Kier molecular flexibility index (Phi) is 6.25. The monoisotopic (exact) mass is 469 g/mol. The highest BCUT2D eigenvalue weighted by atomic mass is 19.4. The van der Waals surface area contributed by atoms with Gasteiger partial charge in [-0.15, -0.1) is 0 Å². The van der Waals surface area contributed by atoms with Crippen LogP contribution in [0.2, 0.25) is 0 Å². The summed E-state index contributed by atoms with van der Waals surface area (Å²) in [7, 11) is 0. The van der Waals surface area contributed by atoms with Crippen LogP contribution in [0.1, 0.15) is 36.7 Å². The van der Waals surface area contributed by atoms with Crippen molar-refractivity contribution < 1.29 is 31.8 Å². The Labute approximate surface area is 187 Å². The van der Waals surface area contributed by atoms with Crippen LogP contribution in [0.4, 0.5) is 29.1 Å². The lowest BCUT2D eigenvalue weighted by Gasteiger charge is -2.41. The van der Waals surface area contributed by atoms with Gasteiger partial charge in [0.2, 0.25) is 11.5 Å². The van der Waals surface area contributed by atoms with E-state index in [1.54, 1.807) is 6.92 Å². The third-order valence-corrected chi connectivity index (χ3v) is 5.28. The minimum absolute atomic E-state index is 0.0553. The van der Waals surface area contributed by atoms with Crippen LogP contribution in [-0.4, -0.2) is 41.7 Å². The van der Waals surface area contributed by atoms with Crippen molar-refractivity contribution in [3.05, 3.63) is 47.3 Å². The predicted molar refractivity (Wildman–Crippen MR) is 114 cm³/mol. The lowest BCUT2D eigenvalue weighted by atomic mass is 9.89. The van der Waals surface area contributed by atoms with Gasteiger partial charge in [-0.25, -0.2) is 4.39 Å². The zero-order chi connectivity index (χ0) is 24.6. The molecule has 0 unspecified atom stereocenters. The van der Waals surface area contributed by atoms with E-state index in [4.69, 9.17) is 20.9 Å².